The molecule has 0 N–H and O–H groups in total. The summed E-state index contributed by atoms with van der Waals surface area (Å²) in [5.41, 5.74) is 0.485. The lowest BCUT2D eigenvalue weighted by atomic mass is 10.2. The zero-order chi connectivity index (χ0) is 14.4. The molecule has 0 aliphatic heterocycles. The zero-order valence-electron chi connectivity index (χ0n) is 11.1. The fourth-order valence-corrected chi connectivity index (χ4v) is 2.07. The summed E-state index contributed by atoms with van der Waals surface area (Å²) in [4.78, 5) is 24.9. The number of esters is 1. The van der Waals surface area contributed by atoms with E-state index in [0.29, 0.717) is 22.3 Å². The summed E-state index contributed by atoms with van der Waals surface area (Å²) in [7, 11) is 2.85. The highest BCUT2D eigenvalue weighted by Crippen LogP contribution is 2.26. The lowest BCUT2D eigenvalue weighted by molar-refractivity contribution is -0.141. The first-order chi connectivity index (χ1) is 9.03. The van der Waals surface area contributed by atoms with Crippen LogP contribution in [0.15, 0.2) is 22.7 Å². The van der Waals surface area contributed by atoms with Crippen LogP contribution in [0, 0.1) is 0 Å². The van der Waals surface area contributed by atoms with Crippen molar-refractivity contribution >= 4 is 27.8 Å². The van der Waals surface area contributed by atoms with Gasteiger partial charge < -0.3 is 14.4 Å². The maximum atomic E-state index is 12.2. The van der Waals surface area contributed by atoms with E-state index in [1.807, 2.05) is 0 Å². The molecule has 0 aliphatic rings. The molecule has 0 aromatic heterocycles. The highest BCUT2D eigenvalue weighted by molar-refractivity contribution is 9.10. The van der Waals surface area contributed by atoms with Crippen LogP contribution in [-0.4, -0.2) is 44.1 Å². The van der Waals surface area contributed by atoms with Gasteiger partial charge in [0, 0.05) is 12.1 Å². The van der Waals surface area contributed by atoms with Crippen molar-refractivity contribution in [3.05, 3.63) is 28.2 Å². The van der Waals surface area contributed by atoms with Gasteiger partial charge in [-0.15, -0.1) is 0 Å². The van der Waals surface area contributed by atoms with Crippen molar-refractivity contribution in [1.82, 2.24) is 4.90 Å². The monoisotopic (exact) mass is 329 g/mol. The van der Waals surface area contributed by atoms with E-state index in [1.165, 1.54) is 12.0 Å². The summed E-state index contributed by atoms with van der Waals surface area (Å²) in [6.07, 6.45) is 0. The number of carbonyl (C=O) groups is 2. The summed E-state index contributed by atoms with van der Waals surface area (Å²) >= 11 is 3.32. The van der Waals surface area contributed by atoms with Crippen LogP contribution in [0.4, 0.5) is 0 Å². The molecular weight excluding hydrogens is 314 g/mol. The molecule has 0 spiro atoms. The Morgan fingerprint density at radius 2 is 2.00 bits per heavy atom. The van der Waals surface area contributed by atoms with Crippen LogP contribution >= 0.6 is 15.9 Å². The molecule has 0 heterocycles. The van der Waals surface area contributed by atoms with Gasteiger partial charge in [-0.05, 0) is 41.1 Å². The Morgan fingerprint density at radius 1 is 1.32 bits per heavy atom. The van der Waals surface area contributed by atoms with Gasteiger partial charge in [0.05, 0.1) is 18.7 Å². The van der Waals surface area contributed by atoms with E-state index in [-0.39, 0.29) is 12.5 Å². The van der Waals surface area contributed by atoms with Crippen molar-refractivity contribution < 1.29 is 19.1 Å². The minimum absolute atomic E-state index is 0.0600. The van der Waals surface area contributed by atoms with E-state index in [2.05, 4.69) is 20.7 Å². The van der Waals surface area contributed by atoms with Crippen LogP contribution in [0.5, 0.6) is 5.75 Å². The summed E-state index contributed by atoms with van der Waals surface area (Å²) in [5, 5.41) is 0. The number of halogens is 1. The van der Waals surface area contributed by atoms with Gasteiger partial charge in [0.2, 0.25) is 0 Å². The van der Waals surface area contributed by atoms with Gasteiger partial charge in [0.1, 0.15) is 12.3 Å². The summed E-state index contributed by atoms with van der Waals surface area (Å²) in [6, 6.07) is 5.02. The molecule has 19 heavy (non-hydrogen) atoms. The number of rotatable bonds is 5. The minimum atomic E-state index is -0.442. The highest BCUT2D eigenvalue weighted by atomic mass is 79.9. The van der Waals surface area contributed by atoms with Crippen LogP contribution in [0.1, 0.15) is 17.3 Å². The van der Waals surface area contributed by atoms with Crippen LogP contribution in [0.3, 0.4) is 0 Å². The number of methoxy groups -OCH3 is 2. The number of hydrogen-bond acceptors (Lipinski definition) is 4. The number of likely N-dealkylation sites (N-methyl/N-ethyl adjacent to an activating group) is 1. The first-order valence-electron chi connectivity index (χ1n) is 5.73. The topological polar surface area (TPSA) is 55.8 Å². The van der Waals surface area contributed by atoms with Crippen molar-refractivity contribution in [2.45, 2.75) is 6.92 Å². The Labute approximate surface area is 120 Å². The van der Waals surface area contributed by atoms with E-state index >= 15 is 0 Å². The Bertz CT molecular complexity index is 476. The Hall–Kier alpha value is -1.56. The Morgan fingerprint density at radius 3 is 2.47 bits per heavy atom. The number of carbonyl (C=O) groups excluding carboxylic acids is 2. The zero-order valence-corrected chi connectivity index (χ0v) is 12.7. The summed E-state index contributed by atoms with van der Waals surface area (Å²) in [6.45, 7) is 2.17. The minimum Gasteiger partial charge on any atom is -0.496 e. The quantitative estimate of drug-likeness (QED) is 0.776. The molecule has 1 aromatic carbocycles. The largest absolute Gasteiger partial charge is 0.496 e. The molecule has 0 fully saturated rings. The molecule has 6 heteroatoms. The van der Waals surface area contributed by atoms with Crippen LogP contribution in [0.2, 0.25) is 0 Å². The van der Waals surface area contributed by atoms with Gasteiger partial charge in [0.25, 0.3) is 5.91 Å². The van der Waals surface area contributed by atoms with Crippen molar-refractivity contribution in [2.24, 2.45) is 0 Å². The van der Waals surface area contributed by atoms with Crippen molar-refractivity contribution in [2.75, 3.05) is 27.3 Å². The van der Waals surface area contributed by atoms with E-state index in [9.17, 15) is 9.59 Å². The van der Waals surface area contributed by atoms with Crippen LogP contribution in [0.25, 0.3) is 0 Å². The molecule has 0 radical (unpaired) electrons. The number of nitrogens with zero attached hydrogens (tertiary/aromatic N) is 1. The Balaban J connectivity index is 2.91. The third-order valence-electron chi connectivity index (χ3n) is 2.62. The molecule has 0 saturated carbocycles. The lowest BCUT2D eigenvalue weighted by Gasteiger charge is -2.19. The van der Waals surface area contributed by atoms with E-state index in [1.54, 1.807) is 32.2 Å². The lowest BCUT2D eigenvalue weighted by Crippen LogP contribution is -2.36. The molecule has 5 nitrogen and oxygen atoms in total. The van der Waals surface area contributed by atoms with Crippen molar-refractivity contribution in [3.63, 3.8) is 0 Å². The molecule has 0 aliphatic carbocycles. The van der Waals surface area contributed by atoms with Gasteiger partial charge in [-0.1, -0.05) is 0 Å². The second-order valence-electron chi connectivity index (χ2n) is 3.74. The normalized spacial score (nSPS) is 9.89. The van der Waals surface area contributed by atoms with Crippen molar-refractivity contribution in [3.8, 4) is 5.75 Å². The third kappa shape index (κ3) is 3.96. The van der Waals surface area contributed by atoms with Crippen LogP contribution < -0.4 is 4.74 Å². The number of amides is 1. The van der Waals surface area contributed by atoms with E-state index in [4.69, 9.17) is 4.74 Å². The number of ether oxygens (including phenoxy) is 2. The fourth-order valence-electron chi connectivity index (χ4n) is 1.53. The molecule has 0 bridgehead atoms. The molecule has 0 atom stereocenters. The summed E-state index contributed by atoms with van der Waals surface area (Å²) < 4.78 is 10.4. The predicted octanol–water partition coefficient (Wildman–Crippen LogP) is 2.09. The highest BCUT2D eigenvalue weighted by Gasteiger charge is 2.18. The van der Waals surface area contributed by atoms with Crippen molar-refractivity contribution in [1.29, 1.82) is 0 Å². The third-order valence-corrected chi connectivity index (χ3v) is 3.24. The summed E-state index contributed by atoms with van der Waals surface area (Å²) in [5.74, 6) is -0.0217. The average Bonchev–Trinajstić information content (AvgIpc) is 2.43. The number of benzene rings is 1. The molecule has 0 saturated heterocycles. The number of hydrogen-bond donors (Lipinski definition) is 0. The molecule has 0 unspecified atom stereocenters. The average molecular weight is 330 g/mol. The first-order valence-corrected chi connectivity index (χ1v) is 6.52. The predicted molar refractivity (Wildman–Crippen MR) is 74.3 cm³/mol. The molecular formula is C13H16BrNO4. The maximum absolute atomic E-state index is 12.2. The smallest absolute Gasteiger partial charge is 0.325 e. The second kappa shape index (κ2) is 7.13. The SMILES string of the molecule is CCN(CC(=O)OC)C(=O)c1ccc(OC)c(Br)c1. The molecule has 104 valence electrons. The fraction of sp³-hybridized carbons (Fsp3) is 0.385. The van der Waals surface area contributed by atoms with Crippen LogP contribution in [-0.2, 0) is 9.53 Å². The van der Waals surface area contributed by atoms with Gasteiger partial charge in [-0.2, -0.15) is 0 Å². The maximum Gasteiger partial charge on any atom is 0.325 e. The second-order valence-corrected chi connectivity index (χ2v) is 4.60. The molecule has 1 amide bonds. The standard InChI is InChI=1S/C13H16BrNO4/c1-4-15(8-12(16)19-3)13(17)9-5-6-11(18-2)10(14)7-9/h5-7H,4,8H2,1-3H3. The van der Waals surface area contributed by atoms with E-state index < -0.39 is 5.97 Å². The van der Waals surface area contributed by atoms with Gasteiger partial charge in [-0.3, -0.25) is 9.59 Å². The molecule has 1 aromatic rings. The first kappa shape index (κ1) is 15.5. The van der Waals surface area contributed by atoms with Gasteiger partial charge >= 0.3 is 5.97 Å². The van der Waals surface area contributed by atoms with E-state index in [0.717, 1.165) is 0 Å². The van der Waals surface area contributed by atoms with Gasteiger partial charge in [0.15, 0.2) is 0 Å². The van der Waals surface area contributed by atoms with Gasteiger partial charge in [-0.25, -0.2) is 0 Å². The Kier molecular flexibility index (Phi) is 5.82. The molecule has 1 rings (SSSR count).